The van der Waals surface area contributed by atoms with Crippen molar-refractivity contribution in [2.24, 2.45) is 5.92 Å². The van der Waals surface area contributed by atoms with E-state index in [9.17, 15) is 4.79 Å². The van der Waals surface area contributed by atoms with Gasteiger partial charge in [-0.3, -0.25) is 4.79 Å². The number of anilines is 1. The monoisotopic (exact) mass is 257 g/mol. The zero-order valence-corrected chi connectivity index (χ0v) is 11.4. The largest absolute Gasteiger partial charge is 0.315 e. The van der Waals surface area contributed by atoms with E-state index in [1.54, 1.807) is 4.90 Å². The van der Waals surface area contributed by atoms with Crippen LogP contribution in [-0.4, -0.2) is 19.5 Å². The molecule has 19 heavy (non-hydrogen) atoms. The van der Waals surface area contributed by atoms with Crippen LogP contribution in [0.4, 0.5) is 5.69 Å². The maximum atomic E-state index is 11.6. The summed E-state index contributed by atoms with van der Waals surface area (Å²) in [5, 5.41) is 12.2. The van der Waals surface area contributed by atoms with Crippen molar-refractivity contribution in [1.82, 2.24) is 5.32 Å². The Kier molecular flexibility index (Phi) is 4.18. The number of nitrogens with zero attached hydrogens (tertiary/aromatic N) is 2. The van der Waals surface area contributed by atoms with Crippen molar-refractivity contribution in [3.05, 3.63) is 29.3 Å². The lowest BCUT2D eigenvalue weighted by atomic mass is 10.1. The Morgan fingerprint density at radius 2 is 2.32 bits per heavy atom. The highest BCUT2D eigenvalue weighted by Crippen LogP contribution is 2.28. The molecule has 1 aliphatic heterocycles. The molecule has 0 spiro atoms. The molecule has 4 nitrogen and oxygen atoms in total. The summed E-state index contributed by atoms with van der Waals surface area (Å²) >= 11 is 0. The van der Waals surface area contributed by atoms with Crippen molar-refractivity contribution in [3.63, 3.8) is 0 Å². The van der Waals surface area contributed by atoms with Gasteiger partial charge in [-0.25, -0.2) is 0 Å². The molecule has 1 atom stereocenters. The third kappa shape index (κ3) is 2.94. The SMILES string of the molecule is CCC(C#N)CNCc1ccc2c(c1)CC(=O)N2C. The molecule has 0 saturated carbocycles. The minimum atomic E-state index is 0.0714. The fourth-order valence-corrected chi connectivity index (χ4v) is 2.31. The highest BCUT2D eigenvalue weighted by molar-refractivity contribution is 6.00. The van der Waals surface area contributed by atoms with Crippen LogP contribution in [0.5, 0.6) is 0 Å². The molecule has 1 heterocycles. The number of nitrogens with one attached hydrogen (secondary N) is 1. The Morgan fingerprint density at radius 3 is 3.00 bits per heavy atom. The number of hydrogen-bond donors (Lipinski definition) is 1. The lowest BCUT2D eigenvalue weighted by Crippen LogP contribution is -2.21. The van der Waals surface area contributed by atoms with Crippen molar-refractivity contribution in [2.45, 2.75) is 26.3 Å². The summed E-state index contributed by atoms with van der Waals surface area (Å²) in [4.78, 5) is 13.3. The Balaban J connectivity index is 1.95. The highest BCUT2D eigenvalue weighted by Gasteiger charge is 2.23. The van der Waals surface area contributed by atoms with Gasteiger partial charge >= 0.3 is 0 Å². The van der Waals surface area contributed by atoms with E-state index in [0.717, 1.165) is 29.8 Å². The Hall–Kier alpha value is -1.86. The van der Waals surface area contributed by atoms with Crippen LogP contribution in [0.15, 0.2) is 18.2 Å². The standard InChI is InChI=1S/C15H19N3O/c1-3-11(8-16)9-17-10-12-4-5-14-13(6-12)7-15(19)18(14)2/h4-6,11,17H,3,7,9-10H2,1-2H3. The third-order valence-electron chi connectivity index (χ3n) is 3.62. The van der Waals surface area contributed by atoms with E-state index < -0.39 is 0 Å². The van der Waals surface area contributed by atoms with Gasteiger partial charge in [0.15, 0.2) is 0 Å². The maximum absolute atomic E-state index is 11.6. The number of fused-ring (bicyclic) bond motifs is 1. The van der Waals surface area contributed by atoms with Gasteiger partial charge in [-0.1, -0.05) is 19.1 Å². The van der Waals surface area contributed by atoms with Gasteiger partial charge in [-0.05, 0) is 23.6 Å². The van der Waals surface area contributed by atoms with Crippen LogP contribution in [0.2, 0.25) is 0 Å². The van der Waals surface area contributed by atoms with E-state index in [0.29, 0.717) is 13.0 Å². The van der Waals surface area contributed by atoms with Crippen LogP contribution in [0, 0.1) is 17.2 Å². The molecule has 100 valence electrons. The Bertz CT molecular complexity index is 519. The van der Waals surface area contributed by atoms with Crippen molar-refractivity contribution >= 4 is 11.6 Å². The predicted octanol–water partition coefficient (Wildman–Crippen LogP) is 1.84. The molecule has 0 fully saturated rings. The zero-order chi connectivity index (χ0) is 13.8. The topological polar surface area (TPSA) is 56.1 Å². The number of hydrogen-bond acceptors (Lipinski definition) is 3. The van der Waals surface area contributed by atoms with Crippen molar-refractivity contribution in [1.29, 1.82) is 5.26 Å². The summed E-state index contributed by atoms with van der Waals surface area (Å²) in [6, 6.07) is 8.39. The normalized spacial score (nSPS) is 15.2. The molecule has 4 heteroatoms. The predicted molar refractivity (Wildman–Crippen MR) is 74.7 cm³/mol. The second-order valence-corrected chi connectivity index (χ2v) is 4.96. The maximum Gasteiger partial charge on any atom is 0.231 e. The van der Waals surface area contributed by atoms with Crippen molar-refractivity contribution in [3.8, 4) is 6.07 Å². The first kappa shape index (κ1) is 13.6. The lowest BCUT2D eigenvalue weighted by molar-refractivity contribution is -0.117. The van der Waals surface area contributed by atoms with Crippen molar-refractivity contribution < 1.29 is 4.79 Å². The first-order valence-corrected chi connectivity index (χ1v) is 6.64. The number of benzene rings is 1. The van der Waals surface area contributed by atoms with Gasteiger partial charge in [0, 0.05) is 25.8 Å². The summed E-state index contributed by atoms with van der Waals surface area (Å²) < 4.78 is 0. The highest BCUT2D eigenvalue weighted by atomic mass is 16.2. The van der Waals surface area contributed by atoms with Gasteiger partial charge in [0.1, 0.15) is 0 Å². The Labute approximate surface area is 114 Å². The van der Waals surface area contributed by atoms with Crippen LogP contribution in [-0.2, 0) is 17.8 Å². The van der Waals surface area contributed by atoms with E-state index >= 15 is 0 Å². The molecular formula is C15H19N3O. The lowest BCUT2D eigenvalue weighted by Gasteiger charge is -2.11. The van der Waals surface area contributed by atoms with Crippen LogP contribution in [0.3, 0.4) is 0 Å². The number of carbonyl (C=O) groups is 1. The average Bonchev–Trinajstić information content (AvgIpc) is 2.70. The summed E-state index contributed by atoms with van der Waals surface area (Å²) in [5.41, 5.74) is 3.27. The smallest absolute Gasteiger partial charge is 0.231 e. The van der Waals surface area contributed by atoms with E-state index in [-0.39, 0.29) is 11.8 Å². The van der Waals surface area contributed by atoms with Gasteiger partial charge < -0.3 is 10.2 Å². The molecule has 1 N–H and O–H groups in total. The van der Waals surface area contributed by atoms with Crippen molar-refractivity contribution in [2.75, 3.05) is 18.5 Å². The quantitative estimate of drug-likeness (QED) is 0.875. The second kappa shape index (κ2) is 5.85. The van der Waals surface area contributed by atoms with E-state index in [2.05, 4.69) is 17.5 Å². The van der Waals surface area contributed by atoms with Crippen LogP contribution in [0.25, 0.3) is 0 Å². The third-order valence-corrected chi connectivity index (χ3v) is 3.62. The molecule has 0 bridgehead atoms. The fourth-order valence-electron chi connectivity index (χ4n) is 2.31. The van der Waals surface area contributed by atoms with Gasteiger partial charge in [-0.15, -0.1) is 0 Å². The minimum absolute atomic E-state index is 0.0714. The summed E-state index contributed by atoms with van der Waals surface area (Å²) in [7, 11) is 1.81. The molecule has 0 saturated heterocycles. The molecule has 1 aliphatic rings. The second-order valence-electron chi connectivity index (χ2n) is 4.96. The minimum Gasteiger partial charge on any atom is -0.315 e. The van der Waals surface area contributed by atoms with E-state index in [1.165, 1.54) is 0 Å². The molecule has 0 aliphatic carbocycles. The van der Waals surface area contributed by atoms with Gasteiger partial charge in [0.25, 0.3) is 0 Å². The molecular weight excluding hydrogens is 238 g/mol. The van der Waals surface area contributed by atoms with Crippen LogP contribution in [0.1, 0.15) is 24.5 Å². The Morgan fingerprint density at radius 1 is 1.53 bits per heavy atom. The van der Waals surface area contributed by atoms with Crippen LogP contribution < -0.4 is 10.2 Å². The number of rotatable bonds is 5. The number of carbonyl (C=O) groups excluding carboxylic acids is 1. The number of amides is 1. The first-order chi connectivity index (χ1) is 9.15. The summed E-state index contributed by atoms with van der Waals surface area (Å²) in [6.45, 7) is 3.47. The molecule has 1 amide bonds. The van der Waals surface area contributed by atoms with Gasteiger partial charge in [-0.2, -0.15) is 5.26 Å². The van der Waals surface area contributed by atoms with E-state index in [4.69, 9.17) is 5.26 Å². The molecule has 1 aromatic rings. The summed E-state index contributed by atoms with van der Waals surface area (Å²) in [6.07, 6.45) is 1.36. The molecule has 1 unspecified atom stereocenters. The van der Waals surface area contributed by atoms with Gasteiger partial charge in [0.2, 0.25) is 5.91 Å². The number of nitriles is 1. The molecule has 0 radical (unpaired) electrons. The number of likely N-dealkylation sites (N-methyl/N-ethyl adjacent to an activating group) is 1. The average molecular weight is 257 g/mol. The van der Waals surface area contributed by atoms with Gasteiger partial charge in [0.05, 0.1) is 18.4 Å². The molecule has 0 aromatic heterocycles. The zero-order valence-electron chi connectivity index (χ0n) is 11.4. The molecule has 2 rings (SSSR count). The molecule has 1 aromatic carbocycles. The first-order valence-electron chi connectivity index (χ1n) is 6.64. The fraction of sp³-hybridized carbons (Fsp3) is 0.467. The van der Waals surface area contributed by atoms with E-state index in [1.807, 2.05) is 26.1 Å². The van der Waals surface area contributed by atoms with Crippen LogP contribution >= 0.6 is 0 Å². The summed E-state index contributed by atoms with van der Waals surface area (Å²) in [5.74, 6) is 0.220.